The number of anilines is 5. The number of carbonyl (C=O) groups is 1. The predicted molar refractivity (Wildman–Crippen MR) is 158 cm³/mol. The summed E-state index contributed by atoms with van der Waals surface area (Å²) in [5.74, 6) is 1.55. The fraction of sp³-hybridized carbons (Fsp3) is 0.367. The number of nitrogens with two attached hydrogens (primary N) is 1. The van der Waals surface area contributed by atoms with Crippen molar-refractivity contribution in [3.63, 3.8) is 0 Å². The van der Waals surface area contributed by atoms with Gasteiger partial charge in [-0.05, 0) is 49.9 Å². The van der Waals surface area contributed by atoms with Crippen molar-refractivity contribution in [2.75, 3.05) is 42.3 Å². The Bertz CT molecular complexity index is 1280. The van der Waals surface area contributed by atoms with Crippen molar-refractivity contribution in [3.05, 3.63) is 72.9 Å². The highest BCUT2D eigenvalue weighted by molar-refractivity contribution is 5.99. The Morgan fingerprint density at radius 1 is 0.974 bits per heavy atom. The number of nitrogens with zero attached hydrogens (tertiary/aromatic N) is 2. The molecule has 0 saturated carbocycles. The van der Waals surface area contributed by atoms with Gasteiger partial charge in [0.1, 0.15) is 11.6 Å². The number of hydrogen-bond acceptors (Lipinski definition) is 8. The number of nitrogens with one attached hydrogen (secondary N) is 3. The maximum atomic E-state index is 11.6. The molecule has 1 aromatic heterocycles. The van der Waals surface area contributed by atoms with Gasteiger partial charge in [-0.15, -0.1) is 0 Å². The lowest BCUT2D eigenvalue weighted by Crippen LogP contribution is -2.33. The van der Waals surface area contributed by atoms with E-state index >= 15 is 0 Å². The minimum Gasteiger partial charge on any atom is -0.493 e. The molecule has 208 valence electrons. The molecular weight excluding hydrogens is 492 g/mol. The first kappa shape index (κ1) is 29.6. The molecule has 9 nitrogen and oxygen atoms in total. The largest absolute Gasteiger partial charge is 0.493 e. The smallest absolute Gasteiger partial charge is 0.247 e. The number of aromatic nitrogens is 2. The summed E-state index contributed by atoms with van der Waals surface area (Å²) in [5.41, 5.74) is 8.69. The predicted octanol–water partition coefficient (Wildman–Crippen LogP) is 5.80. The molecule has 0 spiro atoms. The standard InChI is InChI=1S/C30H40N6O3/c1-7-26(37)33-22-10-8-11-23(14-22)34-27-21(2)16-32-28(36-27)35-24-12-9-13-25(15-24)39-20-30(5,6)19-38-18-29(3,4)17-31/h7-16H,1,17-20,31H2,2-6H3,(H,33,37)(H2,32,34,35,36). The van der Waals surface area contributed by atoms with E-state index in [-0.39, 0.29) is 16.7 Å². The van der Waals surface area contributed by atoms with Crippen molar-refractivity contribution in [3.8, 4) is 5.75 Å². The number of amides is 1. The van der Waals surface area contributed by atoms with Crippen LogP contribution in [0.1, 0.15) is 33.3 Å². The monoisotopic (exact) mass is 532 g/mol. The Hall–Kier alpha value is -3.95. The van der Waals surface area contributed by atoms with Crippen LogP contribution in [0.25, 0.3) is 0 Å². The van der Waals surface area contributed by atoms with Gasteiger partial charge < -0.3 is 31.2 Å². The van der Waals surface area contributed by atoms with E-state index < -0.39 is 0 Å². The molecule has 0 radical (unpaired) electrons. The molecule has 0 saturated heterocycles. The van der Waals surface area contributed by atoms with Crippen LogP contribution < -0.4 is 26.4 Å². The van der Waals surface area contributed by atoms with Crippen molar-refractivity contribution in [1.29, 1.82) is 0 Å². The maximum Gasteiger partial charge on any atom is 0.247 e. The lowest BCUT2D eigenvalue weighted by atomic mass is 9.94. The first-order valence-corrected chi connectivity index (χ1v) is 12.9. The molecule has 0 bridgehead atoms. The number of hydrogen-bond donors (Lipinski definition) is 4. The van der Waals surface area contributed by atoms with Crippen LogP contribution in [-0.2, 0) is 9.53 Å². The number of benzene rings is 2. The molecule has 0 aliphatic carbocycles. The van der Waals surface area contributed by atoms with Gasteiger partial charge in [-0.25, -0.2) is 4.98 Å². The van der Waals surface area contributed by atoms with E-state index in [4.69, 9.17) is 15.2 Å². The zero-order chi connectivity index (χ0) is 28.5. The minimum absolute atomic E-state index is 0.0442. The molecule has 0 aliphatic rings. The van der Waals surface area contributed by atoms with Gasteiger partial charge in [-0.2, -0.15) is 4.98 Å². The van der Waals surface area contributed by atoms with Crippen molar-refractivity contribution in [2.45, 2.75) is 34.6 Å². The number of rotatable bonds is 14. The third-order valence-electron chi connectivity index (χ3n) is 5.81. The van der Waals surface area contributed by atoms with Gasteiger partial charge in [0.2, 0.25) is 11.9 Å². The molecule has 1 amide bonds. The summed E-state index contributed by atoms with van der Waals surface area (Å²) in [6.07, 6.45) is 2.98. The summed E-state index contributed by atoms with van der Waals surface area (Å²) in [4.78, 5) is 20.7. The van der Waals surface area contributed by atoms with Crippen LogP contribution in [0.5, 0.6) is 5.75 Å². The molecule has 9 heteroatoms. The quantitative estimate of drug-likeness (QED) is 0.192. The highest BCUT2D eigenvalue weighted by Gasteiger charge is 2.22. The van der Waals surface area contributed by atoms with Gasteiger partial charge in [-0.3, -0.25) is 4.79 Å². The molecule has 5 N–H and O–H groups in total. The summed E-state index contributed by atoms with van der Waals surface area (Å²) >= 11 is 0. The zero-order valence-corrected chi connectivity index (χ0v) is 23.5. The minimum atomic E-state index is -0.272. The van der Waals surface area contributed by atoms with E-state index in [0.717, 1.165) is 22.7 Å². The van der Waals surface area contributed by atoms with Crippen LogP contribution in [0.15, 0.2) is 67.4 Å². The highest BCUT2D eigenvalue weighted by Crippen LogP contribution is 2.26. The summed E-state index contributed by atoms with van der Waals surface area (Å²) < 4.78 is 12.0. The highest BCUT2D eigenvalue weighted by atomic mass is 16.5. The first-order valence-electron chi connectivity index (χ1n) is 12.9. The number of aryl methyl sites for hydroxylation is 1. The molecule has 2 aromatic carbocycles. The summed E-state index contributed by atoms with van der Waals surface area (Å²) in [6, 6.07) is 15.0. The van der Waals surface area contributed by atoms with Gasteiger partial charge in [-0.1, -0.05) is 46.4 Å². The molecule has 0 fully saturated rings. The van der Waals surface area contributed by atoms with Gasteiger partial charge in [0.05, 0.1) is 19.8 Å². The van der Waals surface area contributed by atoms with E-state index in [9.17, 15) is 4.79 Å². The van der Waals surface area contributed by atoms with Gasteiger partial charge in [0.15, 0.2) is 0 Å². The van der Waals surface area contributed by atoms with Crippen LogP contribution >= 0.6 is 0 Å². The molecule has 3 rings (SSSR count). The second kappa shape index (κ2) is 13.2. The van der Waals surface area contributed by atoms with Crippen molar-refractivity contribution in [2.24, 2.45) is 16.6 Å². The number of carbonyl (C=O) groups excluding carboxylic acids is 1. The summed E-state index contributed by atoms with van der Waals surface area (Å²) in [6.45, 7) is 16.1. The van der Waals surface area contributed by atoms with Crippen LogP contribution in [0.3, 0.4) is 0 Å². The average molecular weight is 533 g/mol. The normalized spacial score (nSPS) is 11.5. The average Bonchev–Trinajstić information content (AvgIpc) is 2.90. The van der Waals surface area contributed by atoms with Crippen LogP contribution in [0.4, 0.5) is 28.8 Å². The molecule has 39 heavy (non-hydrogen) atoms. The lowest BCUT2D eigenvalue weighted by molar-refractivity contribution is -0.111. The maximum absolute atomic E-state index is 11.6. The van der Waals surface area contributed by atoms with Crippen molar-refractivity contribution < 1.29 is 14.3 Å². The molecule has 3 aromatic rings. The third-order valence-corrected chi connectivity index (χ3v) is 5.81. The molecule has 0 aliphatic heterocycles. The van der Waals surface area contributed by atoms with Gasteiger partial charge in [0.25, 0.3) is 0 Å². The SMILES string of the molecule is C=CC(=O)Nc1cccc(Nc2nc(Nc3cccc(OCC(C)(C)COCC(C)(C)CN)c3)ncc2C)c1. The zero-order valence-electron chi connectivity index (χ0n) is 23.5. The second-order valence-electron chi connectivity index (χ2n) is 11.1. The molecule has 0 atom stereocenters. The number of ether oxygens (including phenoxy) is 2. The fourth-order valence-electron chi connectivity index (χ4n) is 3.41. The molecular formula is C30H40N6O3. The fourth-order valence-corrected chi connectivity index (χ4v) is 3.41. The Balaban J connectivity index is 1.62. The first-order chi connectivity index (χ1) is 18.5. The summed E-state index contributed by atoms with van der Waals surface area (Å²) in [5, 5.41) is 9.30. The Labute approximate surface area is 231 Å². The Morgan fingerprint density at radius 2 is 1.64 bits per heavy atom. The molecule has 1 heterocycles. The lowest BCUT2D eigenvalue weighted by Gasteiger charge is -2.28. The van der Waals surface area contributed by atoms with Crippen LogP contribution in [0.2, 0.25) is 0 Å². The van der Waals surface area contributed by atoms with Crippen LogP contribution in [-0.4, -0.2) is 42.2 Å². The third kappa shape index (κ3) is 9.70. The second-order valence-corrected chi connectivity index (χ2v) is 11.1. The van der Waals surface area contributed by atoms with E-state index in [1.165, 1.54) is 6.08 Å². The van der Waals surface area contributed by atoms with E-state index in [1.807, 2.05) is 49.4 Å². The van der Waals surface area contributed by atoms with Crippen molar-refractivity contribution in [1.82, 2.24) is 9.97 Å². The van der Waals surface area contributed by atoms with Crippen LogP contribution in [0, 0.1) is 17.8 Å². The summed E-state index contributed by atoms with van der Waals surface area (Å²) in [7, 11) is 0. The van der Waals surface area contributed by atoms with Gasteiger partial charge in [0, 0.05) is 45.7 Å². The van der Waals surface area contributed by atoms with Crippen molar-refractivity contribution >= 4 is 34.7 Å². The Kier molecular flexibility index (Phi) is 10.0. The van der Waals surface area contributed by atoms with E-state index in [2.05, 4.69) is 60.2 Å². The molecule has 0 unspecified atom stereocenters. The topological polar surface area (TPSA) is 123 Å². The van der Waals surface area contributed by atoms with E-state index in [1.54, 1.807) is 12.3 Å². The Morgan fingerprint density at radius 3 is 2.36 bits per heavy atom. The van der Waals surface area contributed by atoms with E-state index in [0.29, 0.717) is 43.8 Å². The van der Waals surface area contributed by atoms with Gasteiger partial charge >= 0.3 is 0 Å².